The standard InChI is InChI=1S/C9H10N4.ClH/c1-2-4-13-8(3-1)11-12-9(13)7-5-10-6-7;/h1-4,7,10H,5-6H2;1H. The predicted octanol–water partition coefficient (Wildman–Crippen LogP) is 0.838. The molecule has 0 unspecified atom stereocenters. The number of fused-ring (bicyclic) bond motifs is 1. The van der Waals surface area contributed by atoms with Crippen molar-refractivity contribution in [3.05, 3.63) is 30.2 Å². The van der Waals surface area contributed by atoms with Crippen molar-refractivity contribution in [3.63, 3.8) is 0 Å². The molecule has 1 saturated heterocycles. The smallest absolute Gasteiger partial charge is 0.160 e. The van der Waals surface area contributed by atoms with Gasteiger partial charge in [-0.25, -0.2) is 0 Å². The Labute approximate surface area is 87.7 Å². The van der Waals surface area contributed by atoms with E-state index in [1.54, 1.807) is 0 Å². The molecular formula is C9H11ClN4. The summed E-state index contributed by atoms with van der Waals surface area (Å²) in [5.41, 5.74) is 0.935. The van der Waals surface area contributed by atoms with Crippen LogP contribution in [0.1, 0.15) is 11.7 Å². The number of pyridine rings is 1. The molecule has 4 nitrogen and oxygen atoms in total. The Morgan fingerprint density at radius 1 is 1.29 bits per heavy atom. The van der Waals surface area contributed by atoms with Gasteiger partial charge in [0.1, 0.15) is 5.82 Å². The summed E-state index contributed by atoms with van der Waals surface area (Å²) in [6.07, 6.45) is 2.02. The number of aromatic nitrogens is 3. The Kier molecular flexibility index (Phi) is 2.39. The largest absolute Gasteiger partial charge is 0.315 e. The number of halogens is 1. The molecule has 1 aliphatic heterocycles. The van der Waals surface area contributed by atoms with Crippen LogP contribution in [0.4, 0.5) is 0 Å². The summed E-state index contributed by atoms with van der Waals surface area (Å²) in [5.74, 6) is 1.62. The zero-order valence-electron chi connectivity index (χ0n) is 7.55. The van der Waals surface area contributed by atoms with Crippen LogP contribution in [0.15, 0.2) is 24.4 Å². The molecule has 0 aromatic carbocycles. The van der Waals surface area contributed by atoms with Gasteiger partial charge in [0.15, 0.2) is 5.65 Å². The van der Waals surface area contributed by atoms with Crippen LogP contribution in [0.25, 0.3) is 5.65 Å². The maximum atomic E-state index is 4.19. The molecule has 1 fully saturated rings. The summed E-state index contributed by atoms with van der Waals surface area (Å²) in [6.45, 7) is 2.05. The predicted molar refractivity (Wildman–Crippen MR) is 55.8 cm³/mol. The molecule has 3 heterocycles. The highest BCUT2D eigenvalue weighted by Gasteiger charge is 2.23. The van der Waals surface area contributed by atoms with E-state index < -0.39 is 0 Å². The van der Waals surface area contributed by atoms with Crippen LogP contribution in [0.5, 0.6) is 0 Å². The molecule has 0 atom stereocenters. The second kappa shape index (κ2) is 3.55. The average Bonchev–Trinajstić information content (AvgIpc) is 2.47. The van der Waals surface area contributed by atoms with Crippen LogP contribution in [0.3, 0.4) is 0 Å². The van der Waals surface area contributed by atoms with Gasteiger partial charge in [-0.15, -0.1) is 22.6 Å². The fourth-order valence-corrected chi connectivity index (χ4v) is 1.61. The molecule has 5 heteroatoms. The van der Waals surface area contributed by atoms with E-state index in [1.165, 1.54) is 0 Å². The maximum Gasteiger partial charge on any atom is 0.160 e. The van der Waals surface area contributed by atoms with E-state index in [2.05, 4.69) is 19.9 Å². The van der Waals surface area contributed by atoms with Crippen molar-refractivity contribution >= 4 is 18.1 Å². The summed E-state index contributed by atoms with van der Waals surface area (Å²) < 4.78 is 2.06. The minimum Gasteiger partial charge on any atom is -0.315 e. The lowest BCUT2D eigenvalue weighted by atomic mass is 10.0. The number of nitrogens with one attached hydrogen (secondary N) is 1. The van der Waals surface area contributed by atoms with E-state index in [0.717, 1.165) is 24.6 Å². The molecule has 3 rings (SSSR count). The molecule has 2 aromatic heterocycles. The first-order valence-corrected chi connectivity index (χ1v) is 4.45. The lowest BCUT2D eigenvalue weighted by molar-refractivity contribution is 0.427. The summed E-state index contributed by atoms with van der Waals surface area (Å²) in [7, 11) is 0. The van der Waals surface area contributed by atoms with Crippen LogP contribution >= 0.6 is 12.4 Å². The van der Waals surface area contributed by atoms with Crippen LogP contribution in [0.2, 0.25) is 0 Å². The summed E-state index contributed by atoms with van der Waals surface area (Å²) in [6, 6.07) is 5.96. The maximum absolute atomic E-state index is 4.19. The second-order valence-corrected chi connectivity index (χ2v) is 3.34. The number of hydrogen-bond donors (Lipinski definition) is 1. The molecule has 0 spiro atoms. The number of nitrogens with zero attached hydrogens (tertiary/aromatic N) is 3. The lowest BCUT2D eigenvalue weighted by Gasteiger charge is -2.25. The molecule has 0 saturated carbocycles. The molecule has 0 bridgehead atoms. The highest BCUT2D eigenvalue weighted by atomic mass is 35.5. The van der Waals surface area contributed by atoms with Gasteiger partial charge in [0.2, 0.25) is 0 Å². The van der Waals surface area contributed by atoms with Crippen molar-refractivity contribution in [1.82, 2.24) is 19.9 Å². The first-order chi connectivity index (χ1) is 6.45. The Hall–Kier alpha value is -1.13. The van der Waals surface area contributed by atoms with Crippen LogP contribution in [-0.4, -0.2) is 27.7 Å². The normalized spacial score (nSPS) is 16.3. The molecule has 0 amide bonds. The van der Waals surface area contributed by atoms with Crippen molar-refractivity contribution in [2.24, 2.45) is 0 Å². The van der Waals surface area contributed by atoms with E-state index in [0.29, 0.717) is 5.92 Å². The van der Waals surface area contributed by atoms with E-state index in [9.17, 15) is 0 Å². The average molecular weight is 211 g/mol. The van der Waals surface area contributed by atoms with Gasteiger partial charge in [-0.05, 0) is 12.1 Å². The third-order valence-electron chi connectivity index (χ3n) is 2.49. The molecule has 1 aliphatic rings. The van der Waals surface area contributed by atoms with Gasteiger partial charge in [-0.2, -0.15) is 0 Å². The SMILES string of the molecule is Cl.c1ccn2c(C3CNC3)nnc2c1. The van der Waals surface area contributed by atoms with Gasteiger partial charge in [0, 0.05) is 25.2 Å². The first kappa shape index (κ1) is 9.43. The van der Waals surface area contributed by atoms with Crippen LogP contribution in [0, 0.1) is 0 Å². The highest BCUT2D eigenvalue weighted by Crippen LogP contribution is 2.17. The molecule has 2 aromatic rings. The van der Waals surface area contributed by atoms with Crippen molar-refractivity contribution in [2.75, 3.05) is 13.1 Å². The van der Waals surface area contributed by atoms with E-state index in [1.807, 2.05) is 24.4 Å². The minimum absolute atomic E-state index is 0. The van der Waals surface area contributed by atoms with Gasteiger partial charge in [0.25, 0.3) is 0 Å². The third-order valence-corrected chi connectivity index (χ3v) is 2.49. The van der Waals surface area contributed by atoms with Crippen molar-refractivity contribution in [2.45, 2.75) is 5.92 Å². The third kappa shape index (κ3) is 1.27. The van der Waals surface area contributed by atoms with Gasteiger partial charge in [-0.3, -0.25) is 4.40 Å². The quantitative estimate of drug-likeness (QED) is 0.759. The van der Waals surface area contributed by atoms with Crippen molar-refractivity contribution in [1.29, 1.82) is 0 Å². The second-order valence-electron chi connectivity index (χ2n) is 3.34. The zero-order valence-corrected chi connectivity index (χ0v) is 8.37. The highest BCUT2D eigenvalue weighted by molar-refractivity contribution is 5.85. The molecular weight excluding hydrogens is 200 g/mol. The number of rotatable bonds is 1. The molecule has 0 aliphatic carbocycles. The summed E-state index contributed by atoms with van der Waals surface area (Å²) in [5, 5.41) is 11.5. The van der Waals surface area contributed by atoms with E-state index >= 15 is 0 Å². The van der Waals surface area contributed by atoms with E-state index in [4.69, 9.17) is 0 Å². The van der Waals surface area contributed by atoms with Crippen molar-refractivity contribution in [3.8, 4) is 0 Å². The monoisotopic (exact) mass is 210 g/mol. The Balaban J connectivity index is 0.000000750. The molecule has 1 N–H and O–H groups in total. The van der Waals surface area contributed by atoms with E-state index in [-0.39, 0.29) is 12.4 Å². The first-order valence-electron chi connectivity index (χ1n) is 4.45. The Morgan fingerprint density at radius 3 is 2.86 bits per heavy atom. The zero-order chi connectivity index (χ0) is 8.67. The van der Waals surface area contributed by atoms with Crippen LogP contribution in [-0.2, 0) is 0 Å². The summed E-state index contributed by atoms with van der Waals surface area (Å²) in [4.78, 5) is 0. The Bertz CT molecular complexity index is 435. The Morgan fingerprint density at radius 2 is 2.14 bits per heavy atom. The van der Waals surface area contributed by atoms with Crippen LogP contribution < -0.4 is 5.32 Å². The fraction of sp³-hybridized carbons (Fsp3) is 0.333. The van der Waals surface area contributed by atoms with Gasteiger partial charge in [-0.1, -0.05) is 6.07 Å². The number of hydrogen-bond acceptors (Lipinski definition) is 3. The lowest BCUT2D eigenvalue weighted by Crippen LogP contribution is -2.40. The van der Waals surface area contributed by atoms with Crippen molar-refractivity contribution < 1.29 is 0 Å². The fourth-order valence-electron chi connectivity index (χ4n) is 1.61. The minimum atomic E-state index is 0. The van der Waals surface area contributed by atoms with Gasteiger partial charge >= 0.3 is 0 Å². The summed E-state index contributed by atoms with van der Waals surface area (Å²) >= 11 is 0. The van der Waals surface area contributed by atoms with Gasteiger partial charge < -0.3 is 5.32 Å². The van der Waals surface area contributed by atoms with Gasteiger partial charge in [0.05, 0.1) is 0 Å². The molecule has 14 heavy (non-hydrogen) atoms. The molecule has 74 valence electrons. The topological polar surface area (TPSA) is 42.2 Å². The molecule has 0 radical (unpaired) electrons.